The van der Waals surface area contributed by atoms with Crippen LogP contribution in [0.15, 0.2) is 0 Å². The molecular weight excluding hydrogens is 276 g/mol. The molecule has 3 rings (SSSR count). The molecule has 0 bridgehead atoms. The van der Waals surface area contributed by atoms with Crippen LogP contribution in [-0.4, -0.2) is 41.3 Å². The third-order valence-corrected chi connectivity index (χ3v) is 5.45. The summed E-state index contributed by atoms with van der Waals surface area (Å²) in [7, 11) is 0. The van der Waals surface area contributed by atoms with Crippen LogP contribution in [0.1, 0.15) is 42.0 Å². The van der Waals surface area contributed by atoms with Crippen LogP contribution in [0.2, 0.25) is 0 Å². The van der Waals surface area contributed by atoms with Gasteiger partial charge in [-0.25, -0.2) is 0 Å². The van der Waals surface area contributed by atoms with Crippen LogP contribution < -0.4 is 10.5 Å². The monoisotopic (exact) mass is 304 g/mol. The summed E-state index contributed by atoms with van der Waals surface area (Å²) in [5.41, 5.74) is 11.7. The first-order valence-electron chi connectivity index (χ1n) is 8.28. The lowest BCUT2D eigenvalue weighted by atomic mass is 9.91. The van der Waals surface area contributed by atoms with E-state index in [9.17, 15) is 5.11 Å². The molecule has 1 atom stereocenters. The Morgan fingerprint density at radius 2 is 1.82 bits per heavy atom. The number of nitrogens with zero attached hydrogens (tertiary/aromatic N) is 1. The molecule has 0 saturated carbocycles. The van der Waals surface area contributed by atoms with E-state index in [4.69, 9.17) is 10.5 Å². The quantitative estimate of drug-likeness (QED) is 0.824. The van der Waals surface area contributed by atoms with Crippen LogP contribution in [0.3, 0.4) is 0 Å². The molecule has 0 aliphatic carbocycles. The molecule has 4 heteroatoms. The molecule has 1 aromatic carbocycles. The van der Waals surface area contributed by atoms with Crippen molar-refractivity contribution in [1.29, 1.82) is 0 Å². The predicted octanol–water partition coefficient (Wildman–Crippen LogP) is 2.34. The largest absolute Gasteiger partial charge is 0.485 e. The van der Waals surface area contributed by atoms with Gasteiger partial charge in [0.15, 0.2) is 0 Å². The van der Waals surface area contributed by atoms with Crippen molar-refractivity contribution in [1.82, 2.24) is 4.90 Å². The second-order valence-electron chi connectivity index (χ2n) is 7.33. The van der Waals surface area contributed by atoms with Gasteiger partial charge < -0.3 is 15.6 Å². The third kappa shape index (κ3) is 2.59. The van der Waals surface area contributed by atoms with E-state index < -0.39 is 0 Å². The number of hydrogen-bond donors (Lipinski definition) is 2. The molecule has 1 aromatic rings. The van der Waals surface area contributed by atoms with Crippen LogP contribution in [0.5, 0.6) is 5.75 Å². The van der Waals surface area contributed by atoms with E-state index in [1.54, 1.807) is 0 Å². The molecule has 2 aliphatic rings. The zero-order chi connectivity index (χ0) is 16.1. The first-order chi connectivity index (χ1) is 10.3. The molecule has 3 N–H and O–H groups in total. The van der Waals surface area contributed by atoms with Gasteiger partial charge in [-0.1, -0.05) is 0 Å². The molecule has 2 aliphatic heterocycles. The smallest absolute Gasteiger partial charge is 0.127 e. The van der Waals surface area contributed by atoms with Crippen LogP contribution in [0.25, 0.3) is 0 Å². The molecule has 0 aromatic heterocycles. The second-order valence-corrected chi connectivity index (χ2v) is 7.33. The molecule has 0 spiro atoms. The lowest BCUT2D eigenvalue weighted by Gasteiger charge is -2.35. The van der Waals surface area contributed by atoms with Crippen molar-refractivity contribution in [3.63, 3.8) is 0 Å². The number of piperidine rings is 1. The Kier molecular flexibility index (Phi) is 3.86. The van der Waals surface area contributed by atoms with Crippen molar-refractivity contribution in [3.05, 3.63) is 22.3 Å². The molecule has 0 amide bonds. The maximum absolute atomic E-state index is 9.66. The Labute approximate surface area is 133 Å². The number of likely N-dealkylation sites (tertiary alicyclic amines) is 1. The van der Waals surface area contributed by atoms with E-state index in [-0.39, 0.29) is 11.7 Å². The minimum absolute atomic E-state index is 0.127. The molecular formula is C18H28N2O2. The summed E-state index contributed by atoms with van der Waals surface area (Å²) in [6.07, 6.45) is 2.52. The number of rotatable bonds is 2. The molecule has 22 heavy (non-hydrogen) atoms. The normalized spacial score (nSPS) is 26.0. The topological polar surface area (TPSA) is 58.7 Å². The van der Waals surface area contributed by atoms with E-state index in [2.05, 4.69) is 32.6 Å². The fraction of sp³-hybridized carbons (Fsp3) is 0.667. The molecule has 1 unspecified atom stereocenters. The fourth-order valence-corrected chi connectivity index (χ4v) is 3.86. The molecule has 0 radical (unpaired) electrons. The molecule has 122 valence electrons. The molecule has 2 heterocycles. The van der Waals surface area contributed by atoms with Crippen LogP contribution >= 0.6 is 0 Å². The van der Waals surface area contributed by atoms with Gasteiger partial charge in [0.05, 0.1) is 6.10 Å². The van der Waals surface area contributed by atoms with Gasteiger partial charge in [-0.05, 0) is 57.2 Å². The molecule has 4 nitrogen and oxygen atoms in total. The van der Waals surface area contributed by atoms with Crippen molar-refractivity contribution in [3.8, 4) is 5.75 Å². The van der Waals surface area contributed by atoms with Crippen molar-refractivity contribution in [2.24, 2.45) is 0 Å². The summed E-state index contributed by atoms with van der Waals surface area (Å²) in [4.78, 5) is 2.42. The van der Waals surface area contributed by atoms with E-state index in [1.165, 1.54) is 16.7 Å². The highest BCUT2D eigenvalue weighted by Gasteiger charge is 2.39. The summed E-state index contributed by atoms with van der Waals surface area (Å²) in [5.74, 6) is 1.05. The van der Waals surface area contributed by atoms with Gasteiger partial charge in [-0.3, -0.25) is 4.90 Å². The Bertz CT molecular complexity index is 552. The molecule has 1 fully saturated rings. The number of nitrogen functional groups attached to an aromatic ring is 1. The van der Waals surface area contributed by atoms with E-state index >= 15 is 0 Å². The molecule has 1 saturated heterocycles. The summed E-state index contributed by atoms with van der Waals surface area (Å²) in [5, 5.41) is 9.66. The zero-order valence-electron chi connectivity index (χ0n) is 14.2. The van der Waals surface area contributed by atoms with Crippen LogP contribution in [0.4, 0.5) is 5.69 Å². The summed E-state index contributed by atoms with van der Waals surface area (Å²) in [6.45, 7) is 11.3. The van der Waals surface area contributed by atoms with Gasteiger partial charge in [-0.2, -0.15) is 0 Å². The highest BCUT2D eigenvalue weighted by atomic mass is 16.5. The predicted molar refractivity (Wildman–Crippen MR) is 89.5 cm³/mol. The first kappa shape index (κ1) is 15.6. The maximum Gasteiger partial charge on any atom is 0.127 e. The zero-order valence-corrected chi connectivity index (χ0v) is 14.2. The van der Waals surface area contributed by atoms with Crippen molar-refractivity contribution < 1.29 is 9.84 Å². The number of fused-ring (bicyclic) bond motifs is 1. The highest BCUT2D eigenvalue weighted by molar-refractivity contribution is 5.66. The number of hydrogen-bond acceptors (Lipinski definition) is 4. The first-order valence-corrected chi connectivity index (χ1v) is 8.28. The minimum Gasteiger partial charge on any atom is -0.485 e. The lowest BCUT2D eigenvalue weighted by Crippen LogP contribution is -2.47. The van der Waals surface area contributed by atoms with Gasteiger partial charge in [0.2, 0.25) is 0 Å². The Balaban J connectivity index is 1.81. The Morgan fingerprint density at radius 1 is 1.18 bits per heavy atom. The second kappa shape index (κ2) is 5.43. The van der Waals surface area contributed by atoms with Gasteiger partial charge in [0.25, 0.3) is 0 Å². The Morgan fingerprint density at radius 3 is 2.45 bits per heavy atom. The van der Waals surface area contributed by atoms with Crippen molar-refractivity contribution in [2.75, 3.05) is 25.4 Å². The summed E-state index contributed by atoms with van der Waals surface area (Å²) >= 11 is 0. The van der Waals surface area contributed by atoms with Gasteiger partial charge >= 0.3 is 0 Å². The highest BCUT2D eigenvalue weighted by Crippen LogP contribution is 2.44. The fourth-order valence-electron chi connectivity index (χ4n) is 3.86. The summed E-state index contributed by atoms with van der Waals surface area (Å²) < 4.78 is 6.41. The number of benzene rings is 1. The van der Waals surface area contributed by atoms with E-state index in [1.807, 2.05) is 0 Å². The van der Waals surface area contributed by atoms with E-state index in [0.29, 0.717) is 0 Å². The van der Waals surface area contributed by atoms with Gasteiger partial charge in [0.1, 0.15) is 11.4 Å². The SMILES string of the molecule is Cc1c(C)c2c(c(C)c1N)CC(C)(CN1CCC(O)CC1)O2. The number of ether oxygens (including phenoxy) is 1. The number of nitrogens with two attached hydrogens (primary N) is 1. The third-order valence-electron chi connectivity index (χ3n) is 5.45. The van der Waals surface area contributed by atoms with Gasteiger partial charge in [-0.15, -0.1) is 0 Å². The average molecular weight is 304 g/mol. The number of aliphatic hydroxyl groups is 1. The van der Waals surface area contributed by atoms with Crippen LogP contribution in [0, 0.1) is 20.8 Å². The maximum atomic E-state index is 9.66. The van der Waals surface area contributed by atoms with Crippen molar-refractivity contribution >= 4 is 5.69 Å². The summed E-state index contributed by atoms with van der Waals surface area (Å²) in [6, 6.07) is 0. The minimum atomic E-state index is -0.194. The van der Waals surface area contributed by atoms with Gasteiger partial charge in [0, 0.05) is 37.3 Å². The average Bonchev–Trinajstić information content (AvgIpc) is 2.83. The Hall–Kier alpha value is -1.26. The van der Waals surface area contributed by atoms with Crippen LogP contribution in [-0.2, 0) is 6.42 Å². The number of anilines is 1. The standard InChI is InChI=1S/C18H28N2O2/c1-11-12(2)17-15(13(3)16(11)19)9-18(4,22-17)10-20-7-5-14(21)6-8-20/h14,21H,5-10,19H2,1-4H3. The lowest BCUT2D eigenvalue weighted by molar-refractivity contribution is 0.0259. The van der Waals surface area contributed by atoms with Crippen molar-refractivity contribution in [2.45, 2.75) is 58.7 Å². The van der Waals surface area contributed by atoms with E-state index in [0.717, 1.165) is 55.9 Å². The number of aliphatic hydroxyl groups excluding tert-OH is 1.